The SMILES string of the molecule is CC1(CNc2ccc3c(n2)CCC3)CCC1. The van der Waals surface area contributed by atoms with Crippen LogP contribution in [0.5, 0.6) is 0 Å². The third kappa shape index (κ3) is 1.81. The number of fused-ring (bicyclic) bond motifs is 1. The zero-order valence-electron chi connectivity index (χ0n) is 10.1. The number of pyridine rings is 1. The Morgan fingerprint density at radius 3 is 2.88 bits per heavy atom. The summed E-state index contributed by atoms with van der Waals surface area (Å²) in [5, 5.41) is 3.51. The molecule has 1 aromatic rings. The van der Waals surface area contributed by atoms with Gasteiger partial charge in [0.25, 0.3) is 0 Å². The maximum Gasteiger partial charge on any atom is 0.126 e. The molecule has 86 valence electrons. The average molecular weight is 216 g/mol. The lowest BCUT2D eigenvalue weighted by atomic mass is 9.70. The van der Waals surface area contributed by atoms with E-state index < -0.39 is 0 Å². The molecule has 0 aliphatic heterocycles. The molecule has 3 rings (SSSR count). The van der Waals surface area contributed by atoms with Gasteiger partial charge in [-0.2, -0.15) is 0 Å². The van der Waals surface area contributed by atoms with Crippen molar-refractivity contribution in [3.05, 3.63) is 23.4 Å². The number of hydrogen-bond acceptors (Lipinski definition) is 2. The van der Waals surface area contributed by atoms with Crippen LogP contribution in [0.4, 0.5) is 5.82 Å². The molecule has 2 nitrogen and oxygen atoms in total. The quantitative estimate of drug-likeness (QED) is 0.839. The third-order valence-corrected chi connectivity index (χ3v) is 4.19. The van der Waals surface area contributed by atoms with Crippen LogP contribution in [0.2, 0.25) is 0 Å². The molecule has 1 aromatic heterocycles. The molecule has 2 heteroatoms. The summed E-state index contributed by atoms with van der Waals surface area (Å²) < 4.78 is 0. The molecule has 2 aliphatic rings. The zero-order chi connectivity index (χ0) is 11.0. The summed E-state index contributed by atoms with van der Waals surface area (Å²) in [6.07, 6.45) is 7.80. The molecule has 0 unspecified atom stereocenters. The predicted octanol–water partition coefficient (Wildman–Crippen LogP) is 3.17. The highest BCUT2D eigenvalue weighted by atomic mass is 15.0. The van der Waals surface area contributed by atoms with Gasteiger partial charge in [0.15, 0.2) is 0 Å². The molecule has 16 heavy (non-hydrogen) atoms. The number of aryl methyl sites for hydroxylation is 2. The van der Waals surface area contributed by atoms with Crippen molar-refractivity contribution in [2.45, 2.75) is 45.4 Å². The standard InChI is InChI=1S/C14H20N2/c1-14(8-3-9-14)10-15-13-7-6-11-4-2-5-12(11)16-13/h6-7H,2-5,8-10H2,1H3,(H,15,16). The van der Waals surface area contributed by atoms with Gasteiger partial charge >= 0.3 is 0 Å². The maximum absolute atomic E-state index is 4.70. The smallest absolute Gasteiger partial charge is 0.126 e. The number of rotatable bonds is 3. The molecule has 2 aliphatic carbocycles. The van der Waals surface area contributed by atoms with E-state index in [-0.39, 0.29) is 0 Å². The van der Waals surface area contributed by atoms with Crippen LogP contribution in [-0.4, -0.2) is 11.5 Å². The van der Waals surface area contributed by atoms with Gasteiger partial charge in [0.1, 0.15) is 5.82 Å². The first-order chi connectivity index (χ1) is 7.75. The molecule has 0 atom stereocenters. The first-order valence-electron chi connectivity index (χ1n) is 6.48. The van der Waals surface area contributed by atoms with Crippen molar-refractivity contribution in [2.75, 3.05) is 11.9 Å². The van der Waals surface area contributed by atoms with Gasteiger partial charge in [0, 0.05) is 12.2 Å². The van der Waals surface area contributed by atoms with Crippen LogP contribution in [0.15, 0.2) is 12.1 Å². The number of aromatic nitrogens is 1. The molecule has 1 N–H and O–H groups in total. The first-order valence-corrected chi connectivity index (χ1v) is 6.48. The van der Waals surface area contributed by atoms with Gasteiger partial charge in [0.05, 0.1) is 0 Å². The summed E-state index contributed by atoms with van der Waals surface area (Å²) in [5.41, 5.74) is 3.31. The predicted molar refractivity (Wildman–Crippen MR) is 66.7 cm³/mol. The minimum atomic E-state index is 0.528. The Labute approximate surface area is 97.5 Å². The monoisotopic (exact) mass is 216 g/mol. The topological polar surface area (TPSA) is 24.9 Å². The van der Waals surface area contributed by atoms with Crippen molar-refractivity contribution in [3.63, 3.8) is 0 Å². The normalized spacial score (nSPS) is 21.3. The molecule has 1 saturated carbocycles. The van der Waals surface area contributed by atoms with E-state index in [9.17, 15) is 0 Å². The minimum absolute atomic E-state index is 0.528. The molecular weight excluding hydrogens is 196 g/mol. The van der Waals surface area contributed by atoms with E-state index in [1.54, 1.807) is 0 Å². The second-order valence-electron chi connectivity index (χ2n) is 5.67. The summed E-state index contributed by atoms with van der Waals surface area (Å²) in [6, 6.07) is 4.40. The summed E-state index contributed by atoms with van der Waals surface area (Å²) in [4.78, 5) is 4.70. The molecule has 1 heterocycles. The lowest BCUT2D eigenvalue weighted by Gasteiger charge is -2.38. The average Bonchev–Trinajstić information content (AvgIpc) is 2.70. The van der Waals surface area contributed by atoms with Gasteiger partial charge in [-0.3, -0.25) is 0 Å². The highest BCUT2D eigenvalue weighted by molar-refractivity contribution is 5.40. The van der Waals surface area contributed by atoms with Crippen LogP contribution in [-0.2, 0) is 12.8 Å². The second-order valence-corrected chi connectivity index (χ2v) is 5.67. The fourth-order valence-corrected chi connectivity index (χ4v) is 2.78. The lowest BCUT2D eigenvalue weighted by Crippen LogP contribution is -2.33. The zero-order valence-corrected chi connectivity index (χ0v) is 10.1. The lowest BCUT2D eigenvalue weighted by molar-refractivity contribution is 0.180. The van der Waals surface area contributed by atoms with E-state index in [1.165, 1.54) is 49.8 Å². The van der Waals surface area contributed by atoms with Crippen molar-refractivity contribution >= 4 is 5.82 Å². The van der Waals surface area contributed by atoms with Crippen LogP contribution in [0.3, 0.4) is 0 Å². The molecule has 0 spiro atoms. The van der Waals surface area contributed by atoms with Crippen LogP contribution in [0.25, 0.3) is 0 Å². The number of hydrogen-bond donors (Lipinski definition) is 1. The third-order valence-electron chi connectivity index (χ3n) is 4.19. The van der Waals surface area contributed by atoms with Crippen molar-refractivity contribution in [2.24, 2.45) is 5.41 Å². The number of anilines is 1. The Morgan fingerprint density at radius 1 is 1.25 bits per heavy atom. The van der Waals surface area contributed by atoms with Crippen molar-refractivity contribution in [1.29, 1.82) is 0 Å². The van der Waals surface area contributed by atoms with E-state index in [4.69, 9.17) is 4.98 Å². The van der Waals surface area contributed by atoms with Gasteiger partial charge in [0.2, 0.25) is 0 Å². The minimum Gasteiger partial charge on any atom is -0.370 e. The van der Waals surface area contributed by atoms with E-state index in [1.807, 2.05) is 0 Å². The Hall–Kier alpha value is -1.05. The number of nitrogens with zero attached hydrogens (tertiary/aromatic N) is 1. The fraction of sp³-hybridized carbons (Fsp3) is 0.643. The molecular formula is C14H20N2. The van der Waals surface area contributed by atoms with E-state index in [0.29, 0.717) is 5.41 Å². The van der Waals surface area contributed by atoms with Gasteiger partial charge in [-0.1, -0.05) is 19.4 Å². The molecule has 1 fully saturated rings. The molecule has 0 saturated heterocycles. The first kappa shape index (κ1) is 10.1. The Bertz CT molecular complexity index is 394. The summed E-state index contributed by atoms with van der Waals surface area (Å²) in [6.45, 7) is 3.45. The summed E-state index contributed by atoms with van der Waals surface area (Å²) in [5.74, 6) is 1.08. The summed E-state index contributed by atoms with van der Waals surface area (Å²) in [7, 11) is 0. The molecule has 0 radical (unpaired) electrons. The molecule has 0 bridgehead atoms. The largest absolute Gasteiger partial charge is 0.370 e. The van der Waals surface area contributed by atoms with Crippen molar-refractivity contribution in [3.8, 4) is 0 Å². The highest BCUT2D eigenvalue weighted by Gasteiger charge is 2.31. The van der Waals surface area contributed by atoms with E-state index in [0.717, 1.165) is 12.4 Å². The van der Waals surface area contributed by atoms with Gasteiger partial charge < -0.3 is 5.32 Å². The van der Waals surface area contributed by atoms with Crippen LogP contribution in [0.1, 0.15) is 43.9 Å². The maximum atomic E-state index is 4.70. The van der Waals surface area contributed by atoms with Crippen LogP contribution < -0.4 is 5.32 Å². The van der Waals surface area contributed by atoms with Crippen LogP contribution in [0, 0.1) is 5.41 Å². The van der Waals surface area contributed by atoms with Gasteiger partial charge in [-0.05, 0) is 49.1 Å². The summed E-state index contributed by atoms with van der Waals surface area (Å²) >= 11 is 0. The van der Waals surface area contributed by atoms with Crippen molar-refractivity contribution < 1.29 is 0 Å². The van der Waals surface area contributed by atoms with Gasteiger partial charge in [-0.15, -0.1) is 0 Å². The molecule has 0 aromatic carbocycles. The molecule has 0 amide bonds. The van der Waals surface area contributed by atoms with Crippen LogP contribution >= 0.6 is 0 Å². The number of nitrogens with one attached hydrogen (secondary N) is 1. The Morgan fingerprint density at radius 2 is 2.12 bits per heavy atom. The van der Waals surface area contributed by atoms with Gasteiger partial charge in [-0.25, -0.2) is 4.98 Å². The second kappa shape index (κ2) is 3.76. The highest BCUT2D eigenvalue weighted by Crippen LogP contribution is 2.40. The van der Waals surface area contributed by atoms with Crippen molar-refractivity contribution in [1.82, 2.24) is 4.98 Å². The van der Waals surface area contributed by atoms with E-state index in [2.05, 4.69) is 24.4 Å². The Balaban J connectivity index is 1.66. The fourth-order valence-electron chi connectivity index (χ4n) is 2.78. The van der Waals surface area contributed by atoms with E-state index >= 15 is 0 Å². The Kier molecular flexibility index (Phi) is 2.38.